The van der Waals surface area contributed by atoms with Crippen molar-refractivity contribution in [2.75, 3.05) is 0 Å². The Bertz CT molecular complexity index is 457. The van der Waals surface area contributed by atoms with Crippen molar-refractivity contribution in [3.05, 3.63) is 29.5 Å². The maximum atomic E-state index is 8.48. The fourth-order valence-corrected chi connectivity index (χ4v) is 1.75. The molecule has 2 aromatic rings. The normalized spacial score (nSPS) is 9.64. The first-order valence-corrected chi connectivity index (χ1v) is 4.87. The Morgan fingerprint density at radius 2 is 2.14 bits per heavy atom. The van der Waals surface area contributed by atoms with Crippen molar-refractivity contribution < 1.29 is 0 Å². The lowest BCUT2D eigenvalue weighted by atomic mass is 10.4. The Morgan fingerprint density at radius 1 is 1.36 bits per heavy atom. The van der Waals surface area contributed by atoms with Crippen LogP contribution in [0.4, 0.5) is 0 Å². The van der Waals surface area contributed by atoms with Crippen LogP contribution in [0.1, 0.15) is 5.69 Å². The van der Waals surface area contributed by atoms with E-state index in [0.29, 0.717) is 12.2 Å². The van der Waals surface area contributed by atoms with Crippen molar-refractivity contribution in [3.8, 4) is 16.9 Å². The summed E-state index contributed by atoms with van der Waals surface area (Å²) in [6, 6.07) is 3.81. The molecule has 0 radical (unpaired) electrons. The maximum Gasteiger partial charge on any atom is 0.188 e. The van der Waals surface area contributed by atoms with Gasteiger partial charge in [-0.3, -0.25) is 0 Å². The molecule has 0 aliphatic rings. The standard InChI is InChI=1S/C9H6N4S/c10-3-2-7-6-14-9(13-7)8-11-4-1-5-12-8/h1,4-6H,2H2. The Morgan fingerprint density at radius 3 is 2.86 bits per heavy atom. The van der Waals surface area contributed by atoms with Gasteiger partial charge in [0.15, 0.2) is 10.8 Å². The van der Waals surface area contributed by atoms with Crippen LogP contribution in [0.5, 0.6) is 0 Å². The lowest BCUT2D eigenvalue weighted by Crippen LogP contribution is -1.87. The van der Waals surface area contributed by atoms with Crippen molar-refractivity contribution in [1.29, 1.82) is 5.26 Å². The fourth-order valence-electron chi connectivity index (χ4n) is 0.981. The van der Waals surface area contributed by atoms with Crippen molar-refractivity contribution in [1.82, 2.24) is 15.0 Å². The fraction of sp³-hybridized carbons (Fsp3) is 0.111. The molecule has 0 saturated heterocycles. The molecule has 2 heterocycles. The first-order valence-electron chi connectivity index (χ1n) is 3.99. The maximum absolute atomic E-state index is 8.48. The van der Waals surface area contributed by atoms with E-state index < -0.39 is 0 Å². The van der Waals surface area contributed by atoms with Gasteiger partial charge in [-0.2, -0.15) is 5.26 Å². The Kier molecular flexibility index (Phi) is 2.47. The minimum atomic E-state index is 0.337. The van der Waals surface area contributed by atoms with E-state index in [9.17, 15) is 0 Å². The van der Waals surface area contributed by atoms with Crippen LogP contribution in [0.25, 0.3) is 10.8 Å². The first kappa shape index (κ1) is 8.78. The zero-order valence-corrected chi connectivity index (χ0v) is 8.03. The SMILES string of the molecule is N#CCc1csc(-c2ncccn2)n1. The highest BCUT2D eigenvalue weighted by atomic mass is 32.1. The van der Waals surface area contributed by atoms with Crippen LogP contribution in [-0.2, 0) is 6.42 Å². The van der Waals surface area contributed by atoms with E-state index in [-0.39, 0.29) is 0 Å². The zero-order valence-electron chi connectivity index (χ0n) is 7.21. The van der Waals surface area contributed by atoms with Gasteiger partial charge in [0, 0.05) is 17.8 Å². The van der Waals surface area contributed by atoms with Crippen LogP contribution in [0.15, 0.2) is 23.8 Å². The first-order chi connectivity index (χ1) is 6.90. The molecular weight excluding hydrogens is 196 g/mol. The quantitative estimate of drug-likeness (QED) is 0.743. The predicted molar refractivity (Wildman–Crippen MR) is 52.5 cm³/mol. The summed E-state index contributed by atoms with van der Waals surface area (Å²) in [6.45, 7) is 0. The molecule has 2 aromatic heterocycles. The lowest BCUT2D eigenvalue weighted by Gasteiger charge is -1.90. The molecule has 4 nitrogen and oxygen atoms in total. The average molecular weight is 202 g/mol. The van der Waals surface area contributed by atoms with Crippen LogP contribution >= 0.6 is 11.3 Å². The molecule has 0 aliphatic heterocycles. The summed E-state index contributed by atoms with van der Waals surface area (Å²) in [5.74, 6) is 0.613. The van der Waals surface area contributed by atoms with Crippen molar-refractivity contribution in [2.45, 2.75) is 6.42 Å². The Balaban J connectivity index is 2.31. The molecule has 0 aromatic carbocycles. The van der Waals surface area contributed by atoms with Crippen molar-refractivity contribution >= 4 is 11.3 Å². The molecule has 0 unspecified atom stereocenters. The van der Waals surface area contributed by atoms with Crippen LogP contribution in [0.3, 0.4) is 0 Å². The number of rotatable bonds is 2. The third-order valence-electron chi connectivity index (χ3n) is 1.57. The van der Waals surface area contributed by atoms with Gasteiger partial charge < -0.3 is 0 Å². The average Bonchev–Trinajstić information content (AvgIpc) is 2.68. The van der Waals surface area contributed by atoms with E-state index in [2.05, 4.69) is 21.0 Å². The Labute approximate surface area is 84.9 Å². The van der Waals surface area contributed by atoms with E-state index in [1.807, 2.05) is 5.38 Å². The van der Waals surface area contributed by atoms with Crippen molar-refractivity contribution in [3.63, 3.8) is 0 Å². The minimum Gasteiger partial charge on any atom is -0.237 e. The zero-order chi connectivity index (χ0) is 9.80. The number of hydrogen-bond acceptors (Lipinski definition) is 5. The topological polar surface area (TPSA) is 62.5 Å². The number of aromatic nitrogens is 3. The molecule has 0 aliphatic carbocycles. The molecule has 5 heteroatoms. The van der Waals surface area contributed by atoms with Crippen LogP contribution in [0.2, 0.25) is 0 Å². The summed E-state index contributed by atoms with van der Waals surface area (Å²) >= 11 is 1.46. The van der Waals surface area contributed by atoms with Gasteiger partial charge in [-0.1, -0.05) is 0 Å². The summed E-state index contributed by atoms with van der Waals surface area (Å²) in [6.07, 6.45) is 3.69. The van der Waals surface area contributed by atoms with Gasteiger partial charge in [-0.15, -0.1) is 11.3 Å². The predicted octanol–water partition coefficient (Wildman–Crippen LogP) is 1.67. The number of nitrogens with zero attached hydrogens (tertiary/aromatic N) is 4. The van der Waals surface area contributed by atoms with Gasteiger partial charge in [-0.05, 0) is 6.07 Å². The summed E-state index contributed by atoms with van der Waals surface area (Å²) in [5, 5.41) is 11.1. The number of thiazole rings is 1. The van der Waals surface area contributed by atoms with Gasteiger partial charge in [0.05, 0.1) is 18.2 Å². The largest absolute Gasteiger partial charge is 0.237 e. The molecule has 0 spiro atoms. The second-order valence-electron chi connectivity index (χ2n) is 2.55. The molecule has 2 rings (SSSR count). The molecule has 68 valence electrons. The highest BCUT2D eigenvalue weighted by molar-refractivity contribution is 7.13. The number of hydrogen-bond donors (Lipinski definition) is 0. The van der Waals surface area contributed by atoms with Gasteiger partial charge >= 0.3 is 0 Å². The third-order valence-corrected chi connectivity index (χ3v) is 2.46. The van der Waals surface area contributed by atoms with Crippen LogP contribution < -0.4 is 0 Å². The molecule has 0 amide bonds. The van der Waals surface area contributed by atoms with Gasteiger partial charge in [-0.25, -0.2) is 15.0 Å². The van der Waals surface area contributed by atoms with E-state index in [1.54, 1.807) is 18.5 Å². The van der Waals surface area contributed by atoms with E-state index in [1.165, 1.54) is 11.3 Å². The summed E-state index contributed by atoms with van der Waals surface area (Å²) in [7, 11) is 0. The van der Waals surface area contributed by atoms with Crippen LogP contribution in [-0.4, -0.2) is 15.0 Å². The smallest absolute Gasteiger partial charge is 0.188 e. The minimum absolute atomic E-state index is 0.337. The second kappa shape index (κ2) is 3.94. The van der Waals surface area contributed by atoms with E-state index in [0.717, 1.165) is 10.7 Å². The molecule has 0 saturated carbocycles. The molecule has 0 fully saturated rings. The van der Waals surface area contributed by atoms with Gasteiger partial charge in [0.2, 0.25) is 0 Å². The number of nitriles is 1. The summed E-state index contributed by atoms with van der Waals surface area (Å²) in [4.78, 5) is 12.4. The Hall–Kier alpha value is -1.80. The van der Waals surface area contributed by atoms with E-state index in [4.69, 9.17) is 5.26 Å². The molecule has 0 N–H and O–H groups in total. The molecule has 14 heavy (non-hydrogen) atoms. The van der Waals surface area contributed by atoms with Gasteiger partial charge in [0.1, 0.15) is 0 Å². The van der Waals surface area contributed by atoms with Crippen LogP contribution in [0, 0.1) is 11.3 Å². The third kappa shape index (κ3) is 1.75. The molecule has 0 bridgehead atoms. The summed E-state index contributed by atoms with van der Waals surface area (Å²) in [5.41, 5.74) is 0.778. The van der Waals surface area contributed by atoms with Crippen molar-refractivity contribution in [2.24, 2.45) is 0 Å². The van der Waals surface area contributed by atoms with Gasteiger partial charge in [0.25, 0.3) is 0 Å². The highest BCUT2D eigenvalue weighted by Crippen LogP contribution is 2.19. The summed E-state index contributed by atoms with van der Waals surface area (Å²) < 4.78 is 0. The highest BCUT2D eigenvalue weighted by Gasteiger charge is 2.05. The lowest BCUT2D eigenvalue weighted by molar-refractivity contribution is 1.12. The van der Waals surface area contributed by atoms with E-state index >= 15 is 0 Å². The molecule has 0 atom stereocenters. The second-order valence-corrected chi connectivity index (χ2v) is 3.41. The monoisotopic (exact) mass is 202 g/mol. The molecular formula is C9H6N4S.